The maximum atomic E-state index is 11.3. The van der Waals surface area contributed by atoms with Crippen LogP contribution in [-0.4, -0.2) is 11.9 Å². The summed E-state index contributed by atoms with van der Waals surface area (Å²) < 4.78 is 4.70. The Balaban J connectivity index is 0. The van der Waals surface area contributed by atoms with Gasteiger partial charge in [-0.15, -0.1) is 0 Å². The third-order valence-electron chi connectivity index (χ3n) is 1.41. The van der Waals surface area contributed by atoms with Gasteiger partial charge in [-0.3, -0.25) is 9.59 Å². The van der Waals surface area contributed by atoms with Gasteiger partial charge in [-0.2, -0.15) is 0 Å². The molecule has 0 spiro atoms. The second-order valence-corrected chi connectivity index (χ2v) is 5.18. The van der Waals surface area contributed by atoms with Crippen LogP contribution in [-0.2, 0) is 36.7 Å². The van der Waals surface area contributed by atoms with Crippen LogP contribution in [0.5, 0.6) is 0 Å². The minimum absolute atomic E-state index is 0. The van der Waals surface area contributed by atoms with Crippen molar-refractivity contribution >= 4 is 11.9 Å². The molecule has 0 aliphatic rings. The van der Waals surface area contributed by atoms with Gasteiger partial charge in [0.05, 0.1) is 10.8 Å². The van der Waals surface area contributed by atoms with Crippen molar-refractivity contribution in [3.05, 3.63) is 0 Å². The van der Waals surface area contributed by atoms with Gasteiger partial charge in [-0.1, -0.05) is 0 Å². The van der Waals surface area contributed by atoms with Crippen LogP contribution in [0.1, 0.15) is 41.5 Å². The molecule has 0 saturated heterocycles. The summed E-state index contributed by atoms with van der Waals surface area (Å²) >= 11 is 0. The summed E-state index contributed by atoms with van der Waals surface area (Å²) in [6.45, 7) is 10.3. The third kappa shape index (κ3) is 5.58. The van der Waals surface area contributed by atoms with E-state index in [1.54, 1.807) is 41.5 Å². The number of esters is 2. The van der Waals surface area contributed by atoms with Crippen molar-refractivity contribution in [3.8, 4) is 0 Å². The Kier molecular flexibility index (Phi) is 5.94. The van der Waals surface area contributed by atoms with Crippen molar-refractivity contribution in [2.24, 2.45) is 10.8 Å². The van der Waals surface area contributed by atoms with Gasteiger partial charge in [0.25, 0.3) is 0 Å². The minimum Gasteiger partial charge on any atom is -0.392 e. The Morgan fingerprint density at radius 1 is 0.786 bits per heavy atom. The monoisotopic (exact) mass is 293 g/mol. The largest absolute Gasteiger partial charge is 0.392 e. The van der Waals surface area contributed by atoms with Gasteiger partial charge in [-0.05, 0) is 41.5 Å². The molecular formula is C10H18AgO3. The molecule has 0 aromatic heterocycles. The van der Waals surface area contributed by atoms with Crippen molar-refractivity contribution in [3.63, 3.8) is 0 Å². The van der Waals surface area contributed by atoms with E-state index in [4.69, 9.17) is 4.74 Å². The van der Waals surface area contributed by atoms with E-state index in [-0.39, 0.29) is 22.4 Å². The minimum atomic E-state index is -0.624. The second kappa shape index (κ2) is 5.10. The molecule has 1 radical (unpaired) electrons. The quantitative estimate of drug-likeness (QED) is 0.390. The Hall–Kier alpha value is -0.120. The Labute approximate surface area is 101 Å². The fourth-order valence-corrected chi connectivity index (χ4v) is 0.390. The van der Waals surface area contributed by atoms with Crippen LogP contribution < -0.4 is 0 Å². The summed E-state index contributed by atoms with van der Waals surface area (Å²) in [5, 5.41) is 0. The number of hydrogen-bond donors (Lipinski definition) is 0. The first-order valence-corrected chi connectivity index (χ1v) is 4.32. The summed E-state index contributed by atoms with van der Waals surface area (Å²) in [7, 11) is 0. The standard InChI is InChI=1S/C10H18O3.Ag/c1-9(2,3)7(11)13-8(12)10(4,5)6;/h1-6H3;. The van der Waals surface area contributed by atoms with Crippen molar-refractivity contribution in [2.45, 2.75) is 41.5 Å². The van der Waals surface area contributed by atoms with E-state index < -0.39 is 22.8 Å². The molecule has 0 bridgehead atoms. The summed E-state index contributed by atoms with van der Waals surface area (Å²) in [5.74, 6) is -0.958. The van der Waals surface area contributed by atoms with E-state index in [0.717, 1.165) is 0 Å². The maximum absolute atomic E-state index is 11.3. The molecule has 14 heavy (non-hydrogen) atoms. The van der Waals surface area contributed by atoms with Crippen LogP contribution in [0.4, 0.5) is 0 Å². The summed E-state index contributed by atoms with van der Waals surface area (Å²) in [5.41, 5.74) is -1.25. The molecule has 0 fully saturated rings. The zero-order chi connectivity index (χ0) is 10.9. The first-order valence-electron chi connectivity index (χ1n) is 4.32. The Morgan fingerprint density at radius 2 is 1.00 bits per heavy atom. The van der Waals surface area contributed by atoms with E-state index in [2.05, 4.69) is 0 Å². The second-order valence-electron chi connectivity index (χ2n) is 5.18. The molecule has 0 unspecified atom stereocenters. The van der Waals surface area contributed by atoms with Crippen molar-refractivity contribution in [1.29, 1.82) is 0 Å². The molecule has 0 aromatic rings. The van der Waals surface area contributed by atoms with Gasteiger partial charge in [-0.25, -0.2) is 0 Å². The van der Waals surface area contributed by atoms with Crippen LogP contribution in [0.2, 0.25) is 0 Å². The maximum Gasteiger partial charge on any atom is 0.318 e. The summed E-state index contributed by atoms with van der Waals surface area (Å²) in [6, 6.07) is 0. The zero-order valence-corrected chi connectivity index (χ0v) is 11.0. The number of hydrogen-bond acceptors (Lipinski definition) is 3. The molecule has 0 aliphatic heterocycles. The third-order valence-corrected chi connectivity index (χ3v) is 1.41. The van der Waals surface area contributed by atoms with Crippen LogP contribution in [0.25, 0.3) is 0 Å². The molecule has 0 heterocycles. The molecular weight excluding hydrogens is 276 g/mol. The molecule has 4 heteroatoms. The molecule has 0 amide bonds. The van der Waals surface area contributed by atoms with Crippen molar-refractivity contribution < 1.29 is 36.7 Å². The van der Waals surface area contributed by atoms with Gasteiger partial charge in [0, 0.05) is 22.4 Å². The predicted molar refractivity (Wildman–Crippen MR) is 50.0 cm³/mol. The van der Waals surface area contributed by atoms with Crippen molar-refractivity contribution in [2.75, 3.05) is 0 Å². The molecule has 0 aliphatic carbocycles. The normalized spacial score (nSPS) is 11.6. The van der Waals surface area contributed by atoms with Crippen LogP contribution >= 0.6 is 0 Å². The summed E-state index contributed by atoms with van der Waals surface area (Å²) in [4.78, 5) is 22.6. The molecule has 0 atom stereocenters. The van der Waals surface area contributed by atoms with Gasteiger partial charge >= 0.3 is 11.9 Å². The number of ether oxygens (including phenoxy) is 1. The van der Waals surface area contributed by atoms with Crippen LogP contribution in [0, 0.1) is 10.8 Å². The average molecular weight is 294 g/mol. The molecule has 87 valence electrons. The smallest absolute Gasteiger partial charge is 0.318 e. The zero-order valence-electron chi connectivity index (χ0n) is 9.53. The topological polar surface area (TPSA) is 43.4 Å². The number of carbonyl (C=O) groups excluding carboxylic acids is 2. The van der Waals surface area contributed by atoms with E-state index in [1.165, 1.54) is 0 Å². The van der Waals surface area contributed by atoms with E-state index >= 15 is 0 Å². The van der Waals surface area contributed by atoms with Crippen LogP contribution in [0.3, 0.4) is 0 Å². The van der Waals surface area contributed by atoms with E-state index in [0.29, 0.717) is 0 Å². The number of carbonyl (C=O) groups is 2. The molecule has 0 saturated carbocycles. The van der Waals surface area contributed by atoms with Gasteiger partial charge in [0.1, 0.15) is 0 Å². The van der Waals surface area contributed by atoms with Crippen molar-refractivity contribution in [1.82, 2.24) is 0 Å². The van der Waals surface area contributed by atoms with E-state index in [1.807, 2.05) is 0 Å². The summed E-state index contributed by atoms with van der Waals surface area (Å²) in [6.07, 6.45) is 0. The molecule has 0 aromatic carbocycles. The SMILES string of the molecule is CC(C)(C)C(=O)OC(=O)C(C)(C)C.[Ag]. The molecule has 0 rings (SSSR count). The first-order chi connectivity index (χ1) is 5.55. The van der Waals surface area contributed by atoms with Crippen LogP contribution in [0.15, 0.2) is 0 Å². The number of rotatable bonds is 0. The average Bonchev–Trinajstić information content (AvgIpc) is 1.82. The fraction of sp³-hybridized carbons (Fsp3) is 0.800. The van der Waals surface area contributed by atoms with Gasteiger partial charge in [0.15, 0.2) is 0 Å². The molecule has 0 N–H and O–H groups in total. The predicted octanol–water partition coefficient (Wildman–Crippen LogP) is 2.15. The van der Waals surface area contributed by atoms with E-state index in [9.17, 15) is 9.59 Å². The Morgan fingerprint density at radius 3 is 1.14 bits per heavy atom. The first kappa shape index (κ1) is 16.3. The van der Waals surface area contributed by atoms with Gasteiger partial charge < -0.3 is 4.74 Å². The van der Waals surface area contributed by atoms with Gasteiger partial charge in [0.2, 0.25) is 0 Å². The fourth-order valence-electron chi connectivity index (χ4n) is 0.390. The Bertz CT molecular complexity index is 197. The molecule has 3 nitrogen and oxygen atoms in total.